The molecule has 1 aliphatic heterocycles. The summed E-state index contributed by atoms with van der Waals surface area (Å²) in [7, 11) is 0. The highest BCUT2D eigenvalue weighted by molar-refractivity contribution is 7.09. The van der Waals surface area contributed by atoms with Crippen LogP contribution in [-0.2, 0) is 11.2 Å². The Morgan fingerprint density at radius 3 is 2.86 bits per heavy atom. The van der Waals surface area contributed by atoms with Crippen LogP contribution in [0.15, 0.2) is 29.6 Å². The minimum atomic E-state index is 0.0719. The second-order valence-electron chi connectivity index (χ2n) is 5.16. The van der Waals surface area contributed by atoms with Crippen LogP contribution in [0.3, 0.4) is 0 Å². The number of benzene rings is 1. The monoisotopic (exact) mass is 302 g/mol. The molecule has 0 saturated carbocycles. The summed E-state index contributed by atoms with van der Waals surface area (Å²) in [4.78, 5) is 16.4. The van der Waals surface area contributed by atoms with Crippen molar-refractivity contribution in [3.63, 3.8) is 0 Å². The molecular weight excluding hydrogens is 284 g/mol. The van der Waals surface area contributed by atoms with Crippen LogP contribution in [0.5, 0.6) is 0 Å². The Labute approximate surface area is 128 Å². The number of carbonyl (C=O) groups excluding carboxylic acids is 1. The molecule has 1 aromatic carbocycles. The van der Waals surface area contributed by atoms with Gasteiger partial charge in [0, 0.05) is 24.9 Å². The van der Waals surface area contributed by atoms with E-state index >= 15 is 0 Å². The summed E-state index contributed by atoms with van der Waals surface area (Å²) in [6.07, 6.45) is 0.512. The molecule has 0 unspecified atom stereocenters. The number of hydrogen-bond donors (Lipinski definition) is 1. The fourth-order valence-corrected chi connectivity index (χ4v) is 3.01. The molecule has 2 heterocycles. The fourth-order valence-electron chi connectivity index (χ4n) is 2.40. The molecule has 0 radical (unpaired) electrons. The van der Waals surface area contributed by atoms with E-state index in [1.54, 1.807) is 0 Å². The highest BCUT2D eigenvalue weighted by Gasteiger charge is 2.16. The third kappa shape index (κ3) is 3.56. The number of morpholine rings is 1. The third-order valence-corrected chi connectivity index (χ3v) is 4.32. The van der Waals surface area contributed by atoms with Crippen molar-refractivity contribution >= 4 is 17.1 Å². The standard InChI is InChI=1S/C16H18N2O2S/c1-11-18-14(10-21-11)15(19)8-12-2-4-13(5-3-12)16-9-17-6-7-20-16/h2-5,10,16-17H,6-9H2,1H3/t16-/m1/s1. The lowest BCUT2D eigenvalue weighted by Crippen LogP contribution is -2.33. The number of ketones is 1. The van der Waals surface area contributed by atoms with E-state index in [4.69, 9.17) is 4.74 Å². The summed E-state index contributed by atoms with van der Waals surface area (Å²) >= 11 is 1.51. The Balaban J connectivity index is 1.65. The van der Waals surface area contributed by atoms with Gasteiger partial charge in [0.05, 0.1) is 17.7 Å². The van der Waals surface area contributed by atoms with Gasteiger partial charge in [0.2, 0.25) is 0 Å². The molecule has 4 nitrogen and oxygen atoms in total. The van der Waals surface area contributed by atoms with E-state index in [1.807, 2.05) is 36.6 Å². The molecule has 1 N–H and O–H groups in total. The maximum Gasteiger partial charge on any atom is 0.186 e. The van der Waals surface area contributed by atoms with E-state index in [-0.39, 0.29) is 11.9 Å². The van der Waals surface area contributed by atoms with E-state index in [9.17, 15) is 4.79 Å². The zero-order chi connectivity index (χ0) is 14.7. The molecule has 1 saturated heterocycles. The van der Waals surface area contributed by atoms with Gasteiger partial charge in [0.25, 0.3) is 0 Å². The first kappa shape index (κ1) is 14.4. The van der Waals surface area contributed by atoms with Crippen molar-refractivity contribution < 1.29 is 9.53 Å². The number of carbonyl (C=O) groups is 1. The molecule has 1 atom stereocenters. The van der Waals surface area contributed by atoms with Gasteiger partial charge in [-0.25, -0.2) is 4.98 Å². The van der Waals surface area contributed by atoms with E-state index in [0.717, 1.165) is 35.8 Å². The molecule has 110 valence electrons. The number of aryl methyl sites for hydroxylation is 1. The van der Waals surface area contributed by atoms with Crippen LogP contribution in [0.2, 0.25) is 0 Å². The van der Waals surface area contributed by atoms with Crippen molar-refractivity contribution in [2.75, 3.05) is 19.7 Å². The molecule has 5 heteroatoms. The van der Waals surface area contributed by atoms with Gasteiger partial charge in [0.15, 0.2) is 5.78 Å². The van der Waals surface area contributed by atoms with E-state index in [0.29, 0.717) is 12.1 Å². The molecular formula is C16H18N2O2S. The molecule has 0 spiro atoms. The lowest BCUT2D eigenvalue weighted by Gasteiger charge is -2.24. The summed E-state index contributed by atoms with van der Waals surface area (Å²) in [5, 5.41) is 6.07. The van der Waals surface area contributed by atoms with Gasteiger partial charge in [-0.05, 0) is 18.1 Å². The Hall–Kier alpha value is -1.56. The quantitative estimate of drug-likeness (QED) is 0.882. The maximum absolute atomic E-state index is 12.1. The minimum Gasteiger partial charge on any atom is -0.371 e. The highest BCUT2D eigenvalue weighted by atomic mass is 32.1. The van der Waals surface area contributed by atoms with Gasteiger partial charge in [-0.15, -0.1) is 11.3 Å². The van der Waals surface area contributed by atoms with Gasteiger partial charge < -0.3 is 10.1 Å². The third-order valence-electron chi connectivity index (χ3n) is 3.55. The van der Waals surface area contributed by atoms with E-state index in [1.165, 1.54) is 11.3 Å². The van der Waals surface area contributed by atoms with Crippen LogP contribution in [0, 0.1) is 6.92 Å². The first-order chi connectivity index (χ1) is 10.2. The smallest absolute Gasteiger partial charge is 0.186 e. The number of ether oxygens (including phenoxy) is 1. The Bertz CT molecular complexity index is 615. The topological polar surface area (TPSA) is 51.2 Å². The van der Waals surface area contributed by atoms with Crippen LogP contribution in [0.1, 0.15) is 32.7 Å². The number of hydrogen-bond acceptors (Lipinski definition) is 5. The Morgan fingerprint density at radius 2 is 2.24 bits per heavy atom. The van der Waals surface area contributed by atoms with Crippen LogP contribution < -0.4 is 5.32 Å². The van der Waals surface area contributed by atoms with Gasteiger partial charge in [0.1, 0.15) is 5.69 Å². The number of nitrogens with zero attached hydrogens (tertiary/aromatic N) is 1. The van der Waals surface area contributed by atoms with Gasteiger partial charge in [-0.2, -0.15) is 0 Å². The zero-order valence-electron chi connectivity index (χ0n) is 12.0. The molecule has 3 rings (SSSR count). The summed E-state index contributed by atoms with van der Waals surface area (Å²) in [6.45, 7) is 4.41. The number of Topliss-reactive ketones (excluding diaryl/α,β-unsaturated/α-hetero) is 1. The zero-order valence-corrected chi connectivity index (χ0v) is 12.8. The predicted octanol–water partition coefficient (Wildman–Crippen LogP) is 2.54. The molecule has 0 bridgehead atoms. The lowest BCUT2D eigenvalue weighted by molar-refractivity contribution is 0.0277. The van der Waals surface area contributed by atoms with Gasteiger partial charge in [-0.3, -0.25) is 4.79 Å². The summed E-state index contributed by atoms with van der Waals surface area (Å²) < 4.78 is 5.72. The summed E-state index contributed by atoms with van der Waals surface area (Å²) in [6, 6.07) is 8.11. The van der Waals surface area contributed by atoms with Crippen LogP contribution in [0.25, 0.3) is 0 Å². The molecule has 2 aromatic rings. The van der Waals surface area contributed by atoms with Gasteiger partial charge in [-0.1, -0.05) is 24.3 Å². The molecule has 1 aliphatic rings. The molecule has 1 fully saturated rings. The number of thiazole rings is 1. The molecule has 1 aromatic heterocycles. The Kier molecular flexibility index (Phi) is 4.43. The lowest BCUT2D eigenvalue weighted by atomic mass is 10.0. The van der Waals surface area contributed by atoms with Crippen molar-refractivity contribution in [2.45, 2.75) is 19.4 Å². The average molecular weight is 302 g/mol. The Morgan fingerprint density at radius 1 is 1.43 bits per heavy atom. The fraction of sp³-hybridized carbons (Fsp3) is 0.375. The van der Waals surface area contributed by atoms with Crippen molar-refractivity contribution in [1.29, 1.82) is 0 Å². The van der Waals surface area contributed by atoms with Crippen molar-refractivity contribution in [1.82, 2.24) is 10.3 Å². The maximum atomic E-state index is 12.1. The van der Waals surface area contributed by atoms with E-state index < -0.39 is 0 Å². The second kappa shape index (κ2) is 6.47. The highest BCUT2D eigenvalue weighted by Crippen LogP contribution is 2.20. The largest absolute Gasteiger partial charge is 0.371 e. The summed E-state index contributed by atoms with van der Waals surface area (Å²) in [5.74, 6) is 0.0719. The second-order valence-corrected chi connectivity index (χ2v) is 6.22. The first-order valence-electron chi connectivity index (χ1n) is 7.09. The normalized spacial score (nSPS) is 18.6. The first-order valence-corrected chi connectivity index (χ1v) is 7.97. The SMILES string of the molecule is Cc1nc(C(=O)Cc2ccc([C@H]3CNCCO3)cc2)cs1. The molecule has 0 aliphatic carbocycles. The summed E-state index contributed by atoms with van der Waals surface area (Å²) in [5.41, 5.74) is 2.74. The molecule has 21 heavy (non-hydrogen) atoms. The van der Waals surface area contributed by atoms with Crippen molar-refractivity contribution in [3.05, 3.63) is 51.5 Å². The minimum absolute atomic E-state index is 0.0719. The van der Waals surface area contributed by atoms with Gasteiger partial charge >= 0.3 is 0 Å². The predicted molar refractivity (Wildman–Crippen MR) is 82.9 cm³/mol. The van der Waals surface area contributed by atoms with Crippen LogP contribution >= 0.6 is 11.3 Å². The van der Waals surface area contributed by atoms with Crippen LogP contribution in [-0.4, -0.2) is 30.5 Å². The van der Waals surface area contributed by atoms with Crippen molar-refractivity contribution in [2.24, 2.45) is 0 Å². The van der Waals surface area contributed by atoms with Crippen LogP contribution in [0.4, 0.5) is 0 Å². The number of nitrogens with one attached hydrogen (secondary N) is 1. The molecule has 0 amide bonds. The van der Waals surface area contributed by atoms with E-state index in [2.05, 4.69) is 10.3 Å². The number of rotatable bonds is 4. The van der Waals surface area contributed by atoms with Crippen molar-refractivity contribution in [3.8, 4) is 0 Å². The number of aromatic nitrogens is 1. The average Bonchev–Trinajstić information content (AvgIpc) is 2.96.